The van der Waals surface area contributed by atoms with Crippen molar-refractivity contribution in [3.05, 3.63) is 41.5 Å². The summed E-state index contributed by atoms with van der Waals surface area (Å²) in [5.41, 5.74) is 6.10. The summed E-state index contributed by atoms with van der Waals surface area (Å²) in [7, 11) is 0. The number of nitrogens with two attached hydrogens (primary N) is 2. The number of aromatic nitrogens is 3. The van der Waals surface area contributed by atoms with Crippen molar-refractivity contribution in [1.29, 1.82) is 0 Å². The number of nitrogen functional groups attached to an aromatic ring is 1. The van der Waals surface area contributed by atoms with Crippen molar-refractivity contribution in [1.82, 2.24) is 15.2 Å². The average Bonchev–Trinajstić information content (AvgIpc) is 3.02. The van der Waals surface area contributed by atoms with Crippen LogP contribution in [0.15, 0.2) is 24.3 Å². The van der Waals surface area contributed by atoms with E-state index in [4.69, 9.17) is 11.6 Å². The van der Waals surface area contributed by atoms with Crippen LogP contribution in [0.25, 0.3) is 0 Å². The molecule has 1 aliphatic rings. The third-order valence-corrected chi connectivity index (χ3v) is 4.93. The summed E-state index contributed by atoms with van der Waals surface area (Å²) in [5, 5.41) is 6.75. The zero-order valence-electron chi connectivity index (χ0n) is 14.1. The highest BCUT2D eigenvalue weighted by molar-refractivity contribution is 5.95. The first kappa shape index (κ1) is 17.5. The Morgan fingerprint density at radius 1 is 1.28 bits per heavy atom. The maximum atomic E-state index is 12.9. The Balaban J connectivity index is 1.45. The van der Waals surface area contributed by atoms with Gasteiger partial charge in [-0.2, -0.15) is 10.8 Å². The van der Waals surface area contributed by atoms with Crippen LogP contribution in [0.4, 0.5) is 10.3 Å². The van der Waals surface area contributed by atoms with Gasteiger partial charge in [0.05, 0.1) is 19.6 Å². The summed E-state index contributed by atoms with van der Waals surface area (Å²) in [6, 6.07) is 5.68. The third-order valence-electron chi connectivity index (χ3n) is 4.93. The molecule has 0 atom stereocenters. The molecule has 1 aromatic heterocycles. The number of piperidine rings is 1. The van der Waals surface area contributed by atoms with E-state index >= 15 is 0 Å². The zero-order chi connectivity index (χ0) is 17.9. The number of rotatable bonds is 6. The number of carbonyl (C=O) groups excluding carboxylic acids is 1. The Hall–Kier alpha value is -2.32. The molecule has 2 aromatic rings. The van der Waals surface area contributed by atoms with Crippen LogP contribution < -0.4 is 11.6 Å². The maximum absolute atomic E-state index is 12.9. The number of nitrogens with zero attached hydrogens (tertiary/aromatic N) is 3. The first-order valence-electron chi connectivity index (χ1n) is 8.56. The van der Waals surface area contributed by atoms with Gasteiger partial charge in [-0.05, 0) is 24.3 Å². The topological polar surface area (TPSA) is 111 Å². The van der Waals surface area contributed by atoms with Crippen molar-refractivity contribution in [3.63, 3.8) is 0 Å². The number of hydrogen-bond donors (Lipinski definition) is 3. The number of Topliss-reactive ketones (excluding diaryl/α,β-unsaturated/α-hetero) is 1. The van der Waals surface area contributed by atoms with Crippen molar-refractivity contribution in [3.8, 4) is 0 Å². The number of benzene rings is 1. The number of hydrogen-bond acceptors (Lipinski definition) is 5. The van der Waals surface area contributed by atoms with Crippen molar-refractivity contribution in [2.45, 2.75) is 31.6 Å². The lowest BCUT2D eigenvalue weighted by Gasteiger charge is -2.38. The van der Waals surface area contributed by atoms with Gasteiger partial charge in [0, 0.05) is 37.2 Å². The summed E-state index contributed by atoms with van der Waals surface area (Å²) in [6.45, 7) is 2.41. The first-order valence-corrected chi connectivity index (χ1v) is 8.56. The van der Waals surface area contributed by atoms with Crippen LogP contribution in [0.1, 0.15) is 47.8 Å². The fourth-order valence-corrected chi connectivity index (χ4v) is 3.38. The van der Waals surface area contributed by atoms with Gasteiger partial charge in [-0.1, -0.05) is 0 Å². The molecule has 7 nitrogen and oxygen atoms in total. The number of ketones is 1. The molecule has 1 saturated heterocycles. The molecule has 0 radical (unpaired) electrons. The number of halogens is 1. The van der Waals surface area contributed by atoms with Gasteiger partial charge in [-0.25, -0.2) is 8.98 Å². The van der Waals surface area contributed by atoms with Crippen LogP contribution in [0.2, 0.25) is 0 Å². The first-order chi connectivity index (χ1) is 12.0. The van der Waals surface area contributed by atoms with E-state index in [9.17, 15) is 9.18 Å². The van der Waals surface area contributed by atoms with E-state index in [-0.39, 0.29) is 17.5 Å². The van der Waals surface area contributed by atoms with Crippen LogP contribution in [0.5, 0.6) is 0 Å². The summed E-state index contributed by atoms with van der Waals surface area (Å²) in [5.74, 6) is 7.55. The Bertz CT molecular complexity index is 721. The predicted octanol–water partition coefficient (Wildman–Crippen LogP) is 1.76. The van der Waals surface area contributed by atoms with Crippen LogP contribution in [0, 0.1) is 5.82 Å². The van der Waals surface area contributed by atoms with Gasteiger partial charge in [0.1, 0.15) is 11.6 Å². The van der Waals surface area contributed by atoms with Crippen molar-refractivity contribution in [2.75, 3.05) is 25.4 Å². The number of nitrogens with one attached hydrogen (secondary N) is 1. The standard InChI is InChI=1S/C17H24FN6O/c18-14-5-3-12(4-6-14)15(25)2-1-9-24(20)10-7-13(8-11-24)16-21-17(19)23-22-16/h3-6,13H,1-2,7-11,20H2,(H3,19,21,22,23)/q+1. The van der Waals surface area contributed by atoms with Crippen molar-refractivity contribution < 1.29 is 13.8 Å². The van der Waals surface area contributed by atoms with Crippen LogP contribution in [0.3, 0.4) is 0 Å². The highest BCUT2D eigenvalue weighted by Gasteiger charge is 2.33. The van der Waals surface area contributed by atoms with Gasteiger partial charge in [-0.15, -0.1) is 5.10 Å². The summed E-state index contributed by atoms with van der Waals surface area (Å²) < 4.78 is 13.4. The van der Waals surface area contributed by atoms with E-state index in [0.29, 0.717) is 28.9 Å². The molecule has 0 bridgehead atoms. The Morgan fingerprint density at radius 2 is 1.96 bits per heavy atom. The molecular formula is C17H24FN6O+. The van der Waals surface area contributed by atoms with E-state index < -0.39 is 0 Å². The largest absolute Gasteiger partial charge is 0.367 e. The second-order valence-corrected chi connectivity index (χ2v) is 6.78. The smallest absolute Gasteiger partial charge is 0.239 e. The quantitative estimate of drug-likeness (QED) is 0.419. The lowest BCUT2D eigenvalue weighted by atomic mass is 9.95. The zero-order valence-corrected chi connectivity index (χ0v) is 14.1. The molecule has 8 heteroatoms. The number of anilines is 1. The van der Waals surface area contributed by atoms with E-state index in [1.165, 1.54) is 24.3 Å². The second-order valence-electron chi connectivity index (χ2n) is 6.78. The highest BCUT2D eigenvalue weighted by atomic mass is 19.1. The van der Waals surface area contributed by atoms with E-state index in [1.54, 1.807) is 0 Å². The summed E-state index contributed by atoms with van der Waals surface area (Å²) in [4.78, 5) is 16.3. The van der Waals surface area contributed by atoms with E-state index in [1.807, 2.05) is 0 Å². The molecule has 0 aliphatic carbocycles. The number of quaternary nitrogens is 1. The molecule has 5 N–H and O–H groups in total. The van der Waals surface area contributed by atoms with Gasteiger partial charge in [0.15, 0.2) is 5.78 Å². The van der Waals surface area contributed by atoms with Crippen LogP contribution >= 0.6 is 0 Å². The number of carbonyl (C=O) groups is 1. The Labute approximate surface area is 145 Å². The molecule has 0 amide bonds. The molecule has 25 heavy (non-hydrogen) atoms. The number of aromatic amines is 1. The summed E-state index contributed by atoms with van der Waals surface area (Å²) in [6.07, 6.45) is 2.96. The molecule has 3 rings (SSSR count). The SMILES string of the molecule is Nc1n[nH]c(C2CC[N+](N)(CCCC(=O)c3ccc(F)cc3)CC2)n1. The molecule has 0 spiro atoms. The molecule has 1 aromatic carbocycles. The fraction of sp³-hybridized carbons (Fsp3) is 0.471. The van der Waals surface area contributed by atoms with Crippen molar-refractivity contribution in [2.24, 2.45) is 5.84 Å². The molecule has 134 valence electrons. The number of likely N-dealkylation sites (tertiary alicyclic amines) is 1. The maximum Gasteiger partial charge on any atom is 0.239 e. The predicted molar refractivity (Wildman–Crippen MR) is 91.8 cm³/mol. The van der Waals surface area contributed by atoms with Crippen LogP contribution in [-0.4, -0.2) is 45.2 Å². The minimum Gasteiger partial charge on any atom is -0.367 e. The van der Waals surface area contributed by atoms with Crippen LogP contribution in [-0.2, 0) is 0 Å². The van der Waals surface area contributed by atoms with Crippen molar-refractivity contribution >= 4 is 11.7 Å². The van der Waals surface area contributed by atoms with Gasteiger partial charge in [0.25, 0.3) is 0 Å². The van der Waals surface area contributed by atoms with E-state index in [2.05, 4.69) is 15.2 Å². The third kappa shape index (κ3) is 4.40. The minimum absolute atomic E-state index is 0.0265. The lowest BCUT2D eigenvalue weighted by Crippen LogP contribution is -2.58. The minimum atomic E-state index is -0.334. The van der Waals surface area contributed by atoms with Gasteiger partial charge >= 0.3 is 0 Å². The van der Waals surface area contributed by atoms with E-state index in [0.717, 1.165) is 38.3 Å². The monoisotopic (exact) mass is 347 g/mol. The molecule has 2 heterocycles. The Kier molecular flexibility index (Phi) is 5.10. The fourth-order valence-electron chi connectivity index (χ4n) is 3.38. The Morgan fingerprint density at radius 3 is 2.56 bits per heavy atom. The molecule has 1 aliphatic heterocycles. The van der Waals surface area contributed by atoms with Gasteiger partial charge < -0.3 is 5.73 Å². The lowest BCUT2D eigenvalue weighted by molar-refractivity contribution is -0.944. The second kappa shape index (κ2) is 7.28. The summed E-state index contributed by atoms with van der Waals surface area (Å²) >= 11 is 0. The normalized spacial score (nSPS) is 23.5. The molecule has 1 fully saturated rings. The highest BCUT2D eigenvalue weighted by Crippen LogP contribution is 2.28. The molecule has 0 saturated carbocycles. The number of H-pyrrole nitrogens is 1. The van der Waals surface area contributed by atoms with Gasteiger partial charge in [0.2, 0.25) is 5.95 Å². The molecular weight excluding hydrogens is 323 g/mol. The average molecular weight is 347 g/mol. The van der Waals surface area contributed by atoms with Gasteiger partial charge in [-0.3, -0.25) is 9.89 Å². The molecule has 0 unspecified atom stereocenters.